The molecule has 5 heteroatoms. The summed E-state index contributed by atoms with van der Waals surface area (Å²) < 4.78 is 0. The summed E-state index contributed by atoms with van der Waals surface area (Å²) in [6.45, 7) is 5.42. The first-order valence-corrected chi connectivity index (χ1v) is 7.84. The highest BCUT2D eigenvalue weighted by molar-refractivity contribution is 5.85. The fourth-order valence-corrected chi connectivity index (χ4v) is 3.38. The molecule has 0 aliphatic carbocycles. The molecule has 3 N–H and O–H groups in total. The van der Waals surface area contributed by atoms with Crippen molar-refractivity contribution in [2.75, 3.05) is 13.1 Å². The van der Waals surface area contributed by atoms with Crippen LogP contribution in [-0.2, 0) is 9.59 Å². The van der Waals surface area contributed by atoms with Crippen molar-refractivity contribution in [1.29, 1.82) is 0 Å². The fourth-order valence-electron chi connectivity index (χ4n) is 3.38. The molecule has 0 aromatic heterocycles. The largest absolute Gasteiger partial charge is 0.354 e. The number of carbonyl (C=O) groups excluding carboxylic acids is 2. The number of hydrogen-bond donors (Lipinski definition) is 2. The van der Waals surface area contributed by atoms with E-state index in [9.17, 15) is 9.59 Å². The molecule has 4 unspecified atom stereocenters. The molecule has 2 aliphatic rings. The van der Waals surface area contributed by atoms with Crippen molar-refractivity contribution in [3.05, 3.63) is 0 Å². The Balaban J connectivity index is 1.89. The summed E-state index contributed by atoms with van der Waals surface area (Å²) in [6, 6.07) is 0.285. The Hall–Kier alpha value is -1.10. The van der Waals surface area contributed by atoms with Gasteiger partial charge in [0.15, 0.2) is 0 Å². The van der Waals surface area contributed by atoms with E-state index in [1.165, 1.54) is 0 Å². The standard InChI is InChI=1S/C15H27N3O2/c1-10(5-3-6-11(2)16)15(20)18-8-4-7-12-13(18)9-17-14(12)19/h10-13H,3-9,16H2,1-2H3,(H,17,19). The molecule has 0 spiro atoms. The second-order valence-electron chi connectivity index (χ2n) is 6.40. The van der Waals surface area contributed by atoms with E-state index in [0.717, 1.165) is 38.6 Å². The molecule has 2 amide bonds. The number of nitrogens with two attached hydrogens (primary N) is 1. The molecule has 2 saturated heterocycles. The van der Waals surface area contributed by atoms with Crippen molar-refractivity contribution >= 4 is 11.8 Å². The Morgan fingerprint density at radius 1 is 1.45 bits per heavy atom. The van der Waals surface area contributed by atoms with Crippen molar-refractivity contribution < 1.29 is 9.59 Å². The second-order valence-corrected chi connectivity index (χ2v) is 6.40. The number of likely N-dealkylation sites (tertiary alicyclic amines) is 1. The van der Waals surface area contributed by atoms with Gasteiger partial charge in [-0.05, 0) is 32.6 Å². The van der Waals surface area contributed by atoms with Crippen LogP contribution in [0, 0.1) is 11.8 Å². The predicted octanol–water partition coefficient (Wildman–Crippen LogP) is 0.877. The van der Waals surface area contributed by atoms with Crippen molar-refractivity contribution in [3.8, 4) is 0 Å². The minimum Gasteiger partial charge on any atom is -0.354 e. The normalized spacial score (nSPS) is 28.8. The molecule has 0 aromatic rings. The number of fused-ring (bicyclic) bond motifs is 1. The van der Waals surface area contributed by atoms with Crippen LogP contribution in [-0.4, -0.2) is 41.9 Å². The molecule has 2 fully saturated rings. The highest BCUT2D eigenvalue weighted by Crippen LogP contribution is 2.29. The van der Waals surface area contributed by atoms with E-state index in [0.29, 0.717) is 6.54 Å². The Morgan fingerprint density at radius 3 is 2.90 bits per heavy atom. The topological polar surface area (TPSA) is 75.4 Å². The number of amides is 2. The lowest BCUT2D eigenvalue weighted by molar-refractivity contribution is -0.140. The summed E-state index contributed by atoms with van der Waals surface area (Å²) >= 11 is 0. The van der Waals surface area contributed by atoms with E-state index in [1.807, 2.05) is 18.7 Å². The summed E-state index contributed by atoms with van der Waals surface area (Å²) in [5.41, 5.74) is 5.74. The van der Waals surface area contributed by atoms with Crippen LogP contribution < -0.4 is 11.1 Å². The van der Waals surface area contributed by atoms with E-state index in [1.54, 1.807) is 0 Å². The van der Waals surface area contributed by atoms with Gasteiger partial charge in [0, 0.05) is 25.0 Å². The van der Waals surface area contributed by atoms with Crippen LogP contribution in [0.4, 0.5) is 0 Å². The molecule has 2 rings (SSSR count). The number of nitrogens with one attached hydrogen (secondary N) is 1. The molecular weight excluding hydrogens is 254 g/mol. The van der Waals surface area contributed by atoms with Gasteiger partial charge in [-0.15, -0.1) is 0 Å². The van der Waals surface area contributed by atoms with Gasteiger partial charge in [-0.25, -0.2) is 0 Å². The molecule has 0 bridgehead atoms. The lowest BCUT2D eigenvalue weighted by atomic mass is 9.90. The summed E-state index contributed by atoms with van der Waals surface area (Å²) in [6.07, 6.45) is 4.69. The third kappa shape index (κ3) is 3.32. The second kappa shape index (κ2) is 6.57. The van der Waals surface area contributed by atoms with Crippen LogP contribution in [0.1, 0.15) is 46.0 Å². The van der Waals surface area contributed by atoms with E-state index in [4.69, 9.17) is 5.73 Å². The number of nitrogens with zero attached hydrogens (tertiary/aromatic N) is 1. The Labute approximate surface area is 121 Å². The van der Waals surface area contributed by atoms with Gasteiger partial charge in [-0.2, -0.15) is 0 Å². The minimum absolute atomic E-state index is 0.0176. The molecule has 2 heterocycles. The van der Waals surface area contributed by atoms with E-state index < -0.39 is 0 Å². The van der Waals surface area contributed by atoms with E-state index in [2.05, 4.69) is 5.32 Å². The van der Waals surface area contributed by atoms with Crippen LogP contribution >= 0.6 is 0 Å². The van der Waals surface area contributed by atoms with Gasteiger partial charge in [0.1, 0.15) is 0 Å². The first kappa shape index (κ1) is 15.3. The van der Waals surface area contributed by atoms with Crippen LogP contribution in [0.15, 0.2) is 0 Å². The maximum Gasteiger partial charge on any atom is 0.225 e. The van der Waals surface area contributed by atoms with Crippen molar-refractivity contribution in [2.24, 2.45) is 17.6 Å². The minimum atomic E-state index is 0.0176. The van der Waals surface area contributed by atoms with Crippen molar-refractivity contribution in [3.63, 3.8) is 0 Å². The van der Waals surface area contributed by atoms with Crippen molar-refractivity contribution in [2.45, 2.75) is 58.0 Å². The molecule has 114 valence electrons. The summed E-state index contributed by atoms with van der Waals surface area (Å²) in [7, 11) is 0. The molecule has 20 heavy (non-hydrogen) atoms. The van der Waals surface area contributed by atoms with Gasteiger partial charge < -0.3 is 16.0 Å². The number of rotatable bonds is 5. The zero-order valence-electron chi connectivity index (χ0n) is 12.6. The maximum atomic E-state index is 12.6. The average Bonchev–Trinajstić information content (AvgIpc) is 2.79. The lowest BCUT2D eigenvalue weighted by Crippen LogP contribution is -2.50. The van der Waals surface area contributed by atoms with E-state index in [-0.39, 0.29) is 35.7 Å². The fraction of sp³-hybridized carbons (Fsp3) is 0.867. The number of hydrogen-bond acceptors (Lipinski definition) is 3. The third-order valence-corrected chi connectivity index (χ3v) is 4.60. The highest BCUT2D eigenvalue weighted by Gasteiger charge is 2.43. The van der Waals surface area contributed by atoms with Crippen LogP contribution in [0.2, 0.25) is 0 Å². The summed E-state index contributed by atoms with van der Waals surface area (Å²) in [4.78, 5) is 26.3. The molecule has 2 aliphatic heterocycles. The highest BCUT2D eigenvalue weighted by atomic mass is 16.2. The first-order chi connectivity index (χ1) is 9.50. The van der Waals surface area contributed by atoms with Gasteiger partial charge in [0.25, 0.3) is 0 Å². The van der Waals surface area contributed by atoms with Crippen LogP contribution in [0.3, 0.4) is 0 Å². The van der Waals surface area contributed by atoms with Crippen LogP contribution in [0.25, 0.3) is 0 Å². The van der Waals surface area contributed by atoms with Crippen LogP contribution in [0.5, 0.6) is 0 Å². The van der Waals surface area contributed by atoms with Gasteiger partial charge >= 0.3 is 0 Å². The molecule has 0 aromatic carbocycles. The van der Waals surface area contributed by atoms with Gasteiger partial charge in [0.2, 0.25) is 11.8 Å². The Kier molecular flexibility index (Phi) is 5.02. The average molecular weight is 281 g/mol. The van der Waals surface area contributed by atoms with E-state index >= 15 is 0 Å². The molecule has 5 nitrogen and oxygen atoms in total. The van der Waals surface area contributed by atoms with Crippen molar-refractivity contribution in [1.82, 2.24) is 10.2 Å². The molecule has 0 radical (unpaired) electrons. The zero-order chi connectivity index (χ0) is 14.7. The van der Waals surface area contributed by atoms with Gasteiger partial charge in [-0.1, -0.05) is 13.3 Å². The number of piperidine rings is 1. The zero-order valence-corrected chi connectivity index (χ0v) is 12.6. The lowest BCUT2D eigenvalue weighted by Gasteiger charge is -2.37. The Morgan fingerprint density at radius 2 is 2.20 bits per heavy atom. The monoisotopic (exact) mass is 281 g/mol. The quantitative estimate of drug-likeness (QED) is 0.785. The Bertz CT molecular complexity index is 370. The number of carbonyl (C=O) groups is 2. The first-order valence-electron chi connectivity index (χ1n) is 7.84. The summed E-state index contributed by atoms with van der Waals surface area (Å²) in [5.74, 6) is 0.380. The summed E-state index contributed by atoms with van der Waals surface area (Å²) in [5, 5.41) is 2.89. The smallest absolute Gasteiger partial charge is 0.225 e. The molecular formula is C15H27N3O2. The predicted molar refractivity (Wildman–Crippen MR) is 77.9 cm³/mol. The third-order valence-electron chi connectivity index (χ3n) is 4.60. The van der Waals surface area contributed by atoms with Gasteiger partial charge in [-0.3, -0.25) is 9.59 Å². The maximum absolute atomic E-state index is 12.6. The molecule has 0 saturated carbocycles. The van der Waals surface area contributed by atoms with Gasteiger partial charge in [0.05, 0.1) is 12.0 Å². The molecule has 4 atom stereocenters. The SMILES string of the molecule is CC(N)CCCC(C)C(=O)N1CCCC2C(=O)NCC21.